The zero-order chi connectivity index (χ0) is 22.0. The number of carbonyl (C=O) groups is 2. The number of hydrogen-bond acceptors (Lipinski definition) is 3. The van der Waals surface area contributed by atoms with E-state index < -0.39 is 0 Å². The second-order valence-corrected chi connectivity index (χ2v) is 9.00. The Hall–Kier alpha value is -3.28. The average Bonchev–Trinajstić information content (AvgIpc) is 3.38. The molecule has 0 radical (unpaired) electrons. The minimum Gasteiger partial charge on any atom is -0.484 e. The number of nitrogens with zero attached hydrogens (tertiary/aromatic N) is 1. The number of hydrogen-bond donors (Lipinski definition) is 2. The molecule has 5 rings (SSSR count). The molecule has 6 nitrogen and oxygen atoms in total. The lowest BCUT2D eigenvalue weighted by molar-refractivity contribution is -0.135. The molecule has 32 heavy (non-hydrogen) atoms. The number of benzene rings is 2. The van der Waals surface area contributed by atoms with Crippen LogP contribution in [0.1, 0.15) is 24.8 Å². The Labute approximate surface area is 187 Å². The SMILES string of the molecule is O=C(NCCc1c[nH]c2ccccc12)[C@@H]1CC12CCN(C(=O)COc1ccccc1)CC2. The number of fused-ring (bicyclic) bond motifs is 1. The summed E-state index contributed by atoms with van der Waals surface area (Å²) in [6.45, 7) is 2.12. The lowest BCUT2D eigenvalue weighted by Crippen LogP contribution is -2.42. The Morgan fingerprint density at radius 2 is 1.81 bits per heavy atom. The van der Waals surface area contributed by atoms with Gasteiger partial charge in [-0.05, 0) is 54.9 Å². The van der Waals surface area contributed by atoms with Crippen molar-refractivity contribution in [2.45, 2.75) is 25.7 Å². The van der Waals surface area contributed by atoms with E-state index in [1.165, 1.54) is 10.9 Å². The molecular weight excluding hydrogens is 402 g/mol. The molecule has 1 atom stereocenters. The molecule has 2 N–H and O–H groups in total. The summed E-state index contributed by atoms with van der Waals surface area (Å²) in [7, 11) is 0. The Kier molecular flexibility index (Phi) is 5.60. The lowest BCUT2D eigenvalue weighted by atomic mass is 9.90. The predicted octanol–water partition coefficient (Wildman–Crippen LogP) is 3.53. The maximum atomic E-state index is 12.7. The van der Waals surface area contributed by atoms with E-state index in [1.54, 1.807) is 0 Å². The molecule has 166 valence electrons. The Morgan fingerprint density at radius 1 is 1.06 bits per heavy atom. The van der Waals surface area contributed by atoms with Gasteiger partial charge in [0.05, 0.1) is 0 Å². The third-order valence-corrected chi connectivity index (χ3v) is 7.09. The lowest BCUT2D eigenvalue weighted by Gasteiger charge is -2.32. The number of aromatic amines is 1. The van der Waals surface area contributed by atoms with Gasteiger partial charge < -0.3 is 19.9 Å². The number of amides is 2. The van der Waals surface area contributed by atoms with Crippen LogP contribution >= 0.6 is 0 Å². The van der Waals surface area contributed by atoms with E-state index in [-0.39, 0.29) is 29.8 Å². The molecule has 1 aromatic heterocycles. The highest BCUT2D eigenvalue weighted by Crippen LogP contribution is 2.59. The number of carbonyl (C=O) groups excluding carboxylic acids is 2. The Bertz CT molecular complexity index is 1100. The minimum atomic E-state index is 0.0177. The minimum absolute atomic E-state index is 0.0177. The fourth-order valence-corrected chi connectivity index (χ4v) is 5.01. The van der Waals surface area contributed by atoms with Gasteiger partial charge in [0.25, 0.3) is 5.91 Å². The fourth-order valence-electron chi connectivity index (χ4n) is 5.01. The molecular formula is C26H29N3O3. The number of rotatable bonds is 7. The Morgan fingerprint density at radius 3 is 2.62 bits per heavy atom. The van der Waals surface area contributed by atoms with Gasteiger partial charge in [0.15, 0.2) is 6.61 Å². The quantitative estimate of drug-likeness (QED) is 0.601. The van der Waals surface area contributed by atoms with Crippen LogP contribution < -0.4 is 10.1 Å². The van der Waals surface area contributed by atoms with Crippen molar-refractivity contribution in [2.24, 2.45) is 11.3 Å². The largest absolute Gasteiger partial charge is 0.484 e. The van der Waals surface area contributed by atoms with Crippen molar-refractivity contribution >= 4 is 22.7 Å². The molecule has 6 heteroatoms. The maximum Gasteiger partial charge on any atom is 0.260 e. The van der Waals surface area contributed by atoms with Crippen molar-refractivity contribution in [3.05, 3.63) is 66.4 Å². The van der Waals surface area contributed by atoms with Gasteiger partial charge in [-0.1, -0.05) is 36.4 Å². The van der Waals surface area contributed by atoms with Gasteiger partial charge in [0, 0.05) is 42.7 Å². The van der Waals surface area contributed by atoms with Gasteiger partial charge in [-0.25, -0.2) is 0 Å². The van der Waals surface area contributed by atoms with E-state index in [0.29, 0.717) is 25.4 Å². The van der Waals surface area contributed by atoms with Crippen molar-refractivity contribution < 1.29 is 14.3 Å². The van der Waals surface area contributed by atoms with Crippen LogP contribution in [0.5, 0.6) is 5.75 Å². The summed E-state index contributed by atoms with van der Waals surface area (Å²) in [5.41, 5.74) is 2.45. The van der Waals surface area contributed by atoms with Gasteiger partial charge in [-0.3, -0.25) is 9.59 Å². The number of H-pyrrole nitrogens is 1. The number of likely N-dealkylation sites (tertiary alicyclic amines) is 1. The first kappa shape index (κ1) is 20.6. The average molecular weight is 432 g/mol. The van der Waals surface area contributed by atoms with Crippen LogP contribution in [0, 0.1) is 11.3 Å². The number of ether oxygens (including phenoxy) is 1. The first-order chi connectivity index (χ1) is 15.6. The summed E-state index contributed by atoms with van der Waals surface area (Å²) in [6.07, 6.45) is 5.58. The monoisotopic (exact) mass is 431 g/mol. The summed E-state index contributed by atoms with van der Waals surface area (Å²) >= 11 is 0. The molecule has 3 aromatic rings. The molecule has 2 aromatic carbocycles. The van der Waals surface area contributed by atoms with Gasteiger partial charge in [-0.2, -0.15) is 0 Å². The highest BCUT2D eigenvalue weighted by Gasteiger charge is 2.58. The second-order valence-electron chi connectivity index (χ2n) is 9.00. The third-order valence-electron chi connectivity index (χ3n) is 7.09. The third kappa shape index (κ3) is 4.22. The number of aromatic nitrogens is 1. The summed E-state index contributed by atoms with van der Waals surface area (Å²) in [5, 5.41) is 4.36. The topological polar surface area (TPSA) is 74.4 Å². The van der Waals surface area contributed by atoms with Crippen LogP contribution in [0.15, 0.2) is 60.8 Å². The molecule has 0 unspecified atom stereocenters. The molecule has 1 spiro atoms. The van der Waals surface area contributed by atoms with Crippen LogP contribution in [0.3, 0.4) is 0 Å². The number of para-hydroxylation sites is 2. The van der Waals surface area contributed by atoms with Crippen molar-refractivity contribution in [1.82, 2.24) is 15.2 Å². The van der Waals surface area contributed by atoms with Crippen molar-refractivity contribution in [2.75, 3.05) is 26.2 Å². The van der Waals surface area contributed by atoms with E-state index in [2.05, 4.69) is 22.4 Å². The standard InChI is InChI=1S/C26H29N3O3/c30-24(18-32-20-6-2-1-3-7-20)29-14-11-26(12-15-29)16-22(26)25(31)27-13-10-19-17-28-23-9-5-4-8-21(19)23/h1-9,17,22,28H,10-16,18H2,(H,27,31)/t22-/m0/s1. The number of nitrogens with one attached hydrogen (secondary N) is 2. The van der Waals surface area contributed by atoms with E-state index in [4.69, 9.17) is 4.74 Å². The van der Waals surface area contributed by atoms with E-state index in [0.717, 1.165) is 31.2 Å². The van der Waals surface area contributed by atoms with Crippen LogP contribution in [-0.4, -0.2) is 47.9 Å². The summed E-state index contributed by atoms with van der Waals surface area (Å²) in [5.74, 6) is 0.977. The fraction of sp³-hybridized carbons (Fsp3) is 0.385. The first-order valence-corrected chi connectivity index (χ1v) is 11.4. The normalized spacial score (nSPS) is 19.1. The van der Waals surface area contributed by atoms with Crippen LogP contribution in [0.25, 0.3) is 10.9 Å². The predicted molar refractivity (Wildman–Crippen MR) is 123 cm³/mol. The zero-order valence-corrected chi connectivity index (χ0v) is 18.2. The van der Waals surface area contributed by atoms with Crippen molar-refractivity contribution in [3.63, 3.8) is 0 Å². The van der Waals surface area contributed by atoms with Crippen LogP contribution in [0.4, 0.5) is 0 Å². The van der Waals surface area contributed by atoms with Crippen LogP contribution in [-0.2, 0) is 16.0 Å². The highest BCUT2D eigenvalue weighted by atomic mass is 16.5. The summed E-state index contributed by atoms with van der Waals surface area (Å²) in [4.78, 5) is 30.4. The molecule has 1 aliphatic heterocycles. The molecule has 0 bridgehead atoms. The molecule has 1 saturated heterocycles. The van der Waals surface area contributed by atoms with E-state index in [9.17, 15) is 9.59 Å². The number of piperidine rings is 1. The Balaban J connectivity index is 1.05. The first-order valence-electron chi connectivity index (χ1n) is 11.4. The summed E-state index contributed by atoms with van der Waals surface area (Å²) in [6, 6.07) is 17.6. The van der Waals surface area contributed by atoms with Crippen molar-refractivity contribution in [1.29, 1.82) is 0 Å². The highest BCUT2D eigenvalue weighted by molar-refractivity contribution is 5.84. The van der Waals surface area contributed by atoms with E-state index in [1.807, 2.05) is 53.6 Å². The maximum absolute atomic E-state index is 12.7. The second kappa shape index (κ2) is 8.69. The van der Waals surface area contributed by atoms with Gasteiger partial charge >= 0.3 is 0 Å². The molecule has 1 saturated carbocycles. The summed E-state index contributed by atoms with van der Waals surface area (Å²) < 4.78 is 5.59. The molecule has 2 aliphatic rings. The zero-order valence-electron chi connectivity index (χ0n) is 18.2. The van der Waals surface area contributed by atoms with E-state index >= 15 is 0 Å². The molecule has 1 aliphatic carbocycles. The molecule has 2 amide bonds. The molecule has 2 heterocycles. The van der Waals surface area contributed by atoms with Gasteiger partial charge in [0.1, 0.15) is 5.75 Å². The van der Waals surface area contributed by atoms with Gasteiger partial charge in [0.2, 0.25) is 5.91 Å². The van der Waals surface area contributed by atoms with Crippen molar-refractivity contribution in [3.8, 4) is 5.75 Å². The smallest absolute Gasteiger partial charge is 0.260 e. The molecule has 2 fully saturated rings. The van der Waals surface area contributed by atoms with Gasteiger partial charge in [-0.15, -0.1) is 0 Å². The van der Waals surface area contributed by atoms with Crippen LogP contribution in [0.2, 0.25) is 0 Å².